The van der Waals surface area contributed by atoms with Gasteiger partial charge in [0, 0.05) is 42.5 Å². The van der Waals surface area contributed by atoms with Crippen molar-refractivity contribution in [2.45, 2.75) is 25.8 Å². The predicted molar refractivity (Wildman–Crippen MR) is 103 cm³/mol. The molecule has 1 atom stereocenters. The largest absolute Gasteiger partial charge is 0.333 e. The Hall–Kier alpha value is -2.65. The molecule has 1 fully saturated rings. The molecule has 0 spiro atoms. The van der Waals surface area contributed by atoms with Crippen LogP contribution in [-0.4, -0.2) is 61.4 Å². The molecule has 0 aliphatic carbocycles. The maximum Gasteiger partial charge on any atom is 0.273 e. The Bertz CT molecular complexity index is 901. The lowest BCUT2D eigenvalue weighted by molar-refractivity contribution is 0.0687. The zero-order valence-electron chi connectivity index (χ0n) is 15.1. The van der Waals surface area contributed by atoms with Crippen LogP contribution in [0.2, 0.25) is 0 Å². The van der Waals surface area contributed by atoms with Crippen molar-refractivity contribution in [3.63, 3.8) is 0 Å². The lowest BCUT2D eigenvalue weighted by Gasteiger charge is -2.27. The van der Waals surface area contributed by atoms with Crippen molar-refractivity contribution < 1.29 is 4.79 Å². The van der Waals surface area contributed by atoms with Crippen LogP contribution < -0.4 is 5.32 Å². The van der Waals surface area contributed by atoms with Crippen molar-refractivity contribution in [1.82, 2.24) is 35.2 Å². The summed E-state index contributed by atoms with van der Waals surface area (Å²) in [7, 11) is 0. The van der Waals surface area contributed by atoms with Gasteiger partial charge in [0.25, 0.3) is 5.91 Å². The molecule has 0 saturated carbocycles. The molecule has 3 aromatic rings. The standard InChI is InChI=1S/C18H21N7OS/c1-2-8-24(14-5-7-19-10-14)18(26)15-12-27-17(22-15)13-9-21-25(11-13)16-4-3-6-20-23-16/h3-4,6,9,11-12,14,19H,2,5,7-8,10H2,1H3/t14-/m1/s1. The first-order chi connectivity index (χ1) is 13.3. The van der Waals surface area contributed by atoms with Gasteiger partial charge in [-0.3, -0.25) is 4.79 Å². The summed E-state index contributed by atoms with van der Waals surface area (Å²) in [5, 5.41) is 18.2. The first kappa shape index (κ1) is 17.7. The number of hydrogen-bond donors (Lipinski definition) is 1. The van der Waals surface area contributed by atoms with Crippen LogP contribution in [0.25, 0.3) is 16.4 Å². The molecular weight excluding hydrogens is 362 g/mol. The minimum Gasteiger partial charge on any atom is -0.333 e. The van der Waals surface area contributed by atoms with E-state index in [0.717, 1.165) is 43.0 Å². The van der Waals surface area contributed by atoms with E-state index in [1.54, 1.807) is 17.1 Å². The van der Waals surface area contributed by atoms with Gasteiger partial charge in [-0.05, 0) is 31.5 Å². The Kier molecular flexibility index (Phi) is 5.21. The highest BCUT2D eigenvalue weighted by Gasteiger charge is 2.28. The molecule has 27 heavy (non-hydrogen) atoms. The van der Waals surface area contributed by atoms with E-state index in [1.807, 2.05) is 28.6 Å². The number of nitrogens with one attached hydrogen (secondary N) is 1. The summed E-state index contributed by atoms with van der Waals surface area (Å²) in [6.07, 6.45) is 7.13. The molecule has 4 heterocycles. The number of amides is 1. The molecule has 4 rings (SSSR count). The Morgan fingerprint density at radius 3 is 3.15 bits per heavy atom. The molecular formula is C18H21N7OS. The van der Waals surface area contributed by atoms with E-state index in [0.29, 0.717) is 11.5 Å². The third-order valence-corrected chi connectivity index (χ3v) is 5.44. The van der Waals surface area contributed by atoms with Crippen molar-refractivity contribution >= 4 is 17.2 Å². The van der Waals surface area contributed by atoms with E-state index in [1.165, 1.54) is 11.3 Å². The molecule has 1 aliphatic rings. The van der Waals surface area contributed by atoms with Crippen molar-refractivity contribution in [2.75, 3.05) is 19.6 Å². The van der Waals surface area contributed by atoms with Gasteiger partial charge in [-0.2, -0.15) is 10.2 Å². The molecule has 0 bridgehead atoms. The van der Waals surface area contributed by atoms with Gasteiger partial charge >= 0.3 is 0 Å². The number of aromatic nitrogens is 5. The van der Waals surface area contributed by atoms with Gasteiger partial charge in [0.15, 0.2) is 5.82 Å². The molecule has 0 radical (unpaired) electrons. The predicted octanol–water partition coefficient (Wildman–Crippen LogP) is 2.00. The van der Waals surface area contributed by atoms with Crippen LogP contribution in [0.15, 0.2) is 36.1 Å². The number of thiazole rings is 1. The fraction of sp³-hybridized carbons (Fsp3) is 0.389. The lowest BCUT2D eigenvalue weighted by Crippen LogP contribution is -2.42. The monoisotopic (exact) mass is 383 g/mol. The van der Waals surface area contributed by atoms with Gasteiger partial charge in [-0.1, -0.05) is 6.92 Å². The highest BCUT2D eigenvalue weighted by molar-refractivity contribution is 7.13. The second-order valence-corrected chi connectivity index (χ2v) is 7.30. The molecule has 1 saturated heterocycles. The maximum atomic E-state index is 13.0. The zero-order chi connectivity index (χ0) is 18.6. The Morgan fingerprint density at radius 1 is 1.48 bits per heavy atom. The van der Waals surface area contributed by atoms with E-state index >= 15 is 0 Å². The summed E-state index contributed by atoms with van der Waals surface area (Å²) in [4.78, 5) is 19.5. The third-order valence-electron chi connectivity index (χ3n) is 4.55. The molecule has 3 aromatic heterocycles. The number of nitrogens with zero attached hydrogens (tertiary/aromatic N) is 6. The number of carbonyl (C=O) groups is 1. The van der Waals surface area contributed by atoms with Crippen molar-refractivity contribution in [2.24, 2.45) is 0 Å². The average Bonchev–Trinajstić information content (AvgIpc) is 3.47. The van der Waals surface area contributed by atoms with Crippen LogP contribution >= 0.6 is 11.3 Å². The molecule has 140 valence electrons. The Labute approximate surface area is 161 Å². The van der Waals surface area contributed by atoms with Gasteiger partial charge in [-0.25, -0.2) is 9.67 Å². The molecule has 0 aromatic carbocycles. The minimum atomic E-state index is 0.00867. The van der Waals surface area contributed by atoms with Gasteiger partial charge in [0.05, 0.1) is 6.20 Å². The lowest BCUT2D eigenvalue weighted by atomic mass is 10.2. The minimum absolute atomic E-state index is 0.00867. The van der Waals surface area contributed by atoms with Crippen molar-refractivity contribution in [3.05, 3.63) is 41.8 Å². The molecule has 0 unspecified atom stereocenters. The average molecular weight is 383 g/mol. The van der Waals surface area contributed by atoms with Crippen LogP contribution in [0.5, 0.6) is 0 Å². The van der Waals surface area contributed by atoms with E-state index in [9.17, 15) is 4.79 Å². The molecule has 9 heteroatoms. The number of carbonyl (C=O) groups excluding carboxylic acids is 1. The SMILES string of the molecule is CCCN(C(=O)c1csc(-c2cnn(-c3cccnn3)c2)n1)[C@@H]1CCNC1. The summed E-state index contributed by atoms with van der Waals surface area (Å²) < 4.78 is 1.65. The smallest absolute Gasteiger partial charge is 0.273 e. The molecule has 1 aliphatic heterocycles. The fourth-order valence-electron chi connectivity index (χ4n) is 3.22. The van der Waals surface area contributed by atoms with Crippen LogP contribution in [-0.2, 0) is 0 Å². The normalized spacial score (nSPS) is 16.6. The van der Waals surface area contributed by atoms with E-state index in [-0.39, 0.29) is 11.9 Å². The highest BCUT2D eigenvalue weighted by atomic mass is 32.1. The molecule has 1 amide bonds. The van der Waals surface area contributed by atoms with Gasteiger partial charge in [0.1, 0.15) is 10.7 Å². The first-order valence-electron chi connectivity index (χ1n) is 9.06. The van der Waals surface area contributed by atoms with E-state index < -0.39 is 0 Å². The third kappa shape index (κ3) is 3.74. The Morgan fingerprint density at radius 2 is 2.41 bits per heavy atom. The second kappa shape index (κ2) is 7.93. The van der Waals surface area contributed by atoms with Crippen molar-refractivity contribution in [1.29, 1.82) is 0 Å². The van der Waals surface area contributed by atoms with Crippen LogP contribution in [0.4, 0.5) is 0 Å². The van der Waals surface area contributed by atoms with Gasteiger partial charge in [-0.15, -0.1) is 16.4 Å². The summed E-state index contributed by atoms with van der Waals surface area (Å²) in [6.45, 7) is 4.66. The number of rotatable bonds is 6. The first-order valence-corrected chi connectivity index (χ1v) is 9.94. The fourth-order valence-corrected chi connectivity index (χ4v) is 3.99. The van der Waals surface area contributed by atoms with Gasteiger partial charge in [0.2, 0.25) is 0 Å². The summed E-state index contributed by atoms with van der Waals surface area (Å²) in [5.41, 5.74) is 1.36. The molecule has 8 nitrogen and oxygen atoms in total. The van der Waals surface area contributed by atoms with E-state index in [2.05, 4.69) is 32.5 Å². The maximum absolute atomic E-state index is 13.0. The van der Waals surface area contributed by atoms with Crippen LogP contribution in [0.1, 0.15) is 30.3 Å². The topological polar surface area (TPSA) is 88.8 Å². The highest BCUT2D eigenvalue weighted by Crippen LogP contribution is 2.25. The summed E-state index contributed by atoms with van der Waals surface area (Å²) in [6, 6.07) is 3.89. The van der Waals surface area contributed by atoms with Crippen LogP contribution in [0, 0.1) is 0 Å². The zero-order valence-corrected chi connectivity index (χ0v) is 15.9. The van der Waals surface area contributed by atoms with E-state index in [4.69, 9.17) is 0 Å². The number of hydrogen-bond acceptors (Lipinski definition) is 7. The quantitative estimate of drug-likeness (QED) is 0.700. The summed E-state index contributed by atoms with van der Waals surface area (Å²) in [5.74, 6) is 0.647. The van der Waals surface area contributed by atoms with Crippen LogP contribution in [0.3, 0.4) is 0 Å². The Balaban J connectivity index is 1.54. The second-order valence-electron chi connectivity index (χ2n) is 6.44. The molecule has 1 N–H and O–H groups in total. The summed E-state index contributed by atoms with van der Waals surface area (Å²) >= 11 is 1.45. The van der Waals surface area contributed by atoms with Crippen molar-refractivity contribution in [3.8, 4) is 16.4 Å². The van der Waals surface area contributed by atoms with Gasteiger partial charge < -0.3 is 10.2 Å².